The normalized spacial score (nSPS) is 12.2. The van der Waals surface area contributed by atoms with Crippen molar-refractivity contribution in [3.05, 3.63) is 28.2 Å². The molecule has 0 aromatic heterocycles. The second kappa shape index (κ2) is 5.86. The average Bonchev–Trinajstić information content (AvgIpc) is 2.17. The minimum atomic E-state index is -0.945. The molecule has 0 amide bonds. The molecule has 0 bridgehead atoms. The van der Waals surface area contributed by atoms with Gasteiger partial charge in [-0.15, -0.1) is 0 Å². The number of rotatable bonds is 5. The van der Waals surface area contributed by atoms with E-state index in [4.69, 9.17) is 9.84 Å². The largest absolute Gasteiger partial charge is 0.478 e. The van der Waals surface area contributed by atoms with Crippen LogP contribution in [0.1, 0.15) is 17.3 Å². The number of anilines is 1. The molecule has 0 aliphatic carbocycles. The summed E-state index contributed by atoms with van der Waals surface area (Å²) in [7, 11) is 1.61. The molecule has 0 heterocycles. The number of carboxylic acids is 1. The summed E-state index contributed by atoms with van der Waals surface area (Å²) in [6, 6.07) is 5.07. The standard InChI is InChI=1S/C11H14BrNO3/c1-7(6-16-2)13-10-5-8(12)3-4-9(10)11(14)15/h3-5,7,13H,6H2,1-2H3,(H,14,15). The maximum Gasteiger partial charge on any atom is 0.337 e. The topological polar surface area (TPSA) is 58.6 Å². The van der Waals surface area contributed by atoms with E-state index in [-0.39, 0.29) is 11.6 Å². The average molecular weight is 288 g/mol. The fourth-order valence-corrected chi connectivity index (χ4v) is 1.74. The number of carboxylic acid groups (broad SMARTS) is 1. The van der Waals surface area contributed by atoms with Gasteiger partial charge >= 0.3 is 5.97 Å². The van der Waals surface area contributed by atoms with Crippen molar-refractivity contribution >= 4 is 27.6 Å². The minimum absolute atomic E-state index is 0.0531. The highest BCUT2D eigenvalue weighted by Gasteiger charge is 2.12. The Balaban J connectivity index is 2.92. The second-order valence-electron chi connectivity index (χ2n) is 3.50. The van der Waals surface area contributed by atoms with Gasteiger partial charge < -0.3 is 15.2 Å². The molecule has 0 saturated heterocycles. The first kappa shape index (κ1) is 13.0. The van der Waals surface area contributed by atoms with Crippen molar-refractivity contribution in [2.45, 2.75) is 13.0 Å². The molecule has 1 aromatic carbocycles. The third kappa shape index (κ3) is 3.50. The van der Waals surface area contributed by atoms with E-state index in [0.717, 1.165) is 4.47 Å². The molecule has 4 nitrogen and oxygen atoms in total. The lowest BCUT2D eigenvalue weighted by Gasteiger charge is -2.16. The molecule has 1 atom stereocenters. The maximum atomic E-state index is 11.0. The van der Waals surface area contributed by atoms with Crippen molar-refractivity contribution in [2.24, 2.45) is 0 Å². The molecule has 0 radical (unpaired) electrons. The first-order valence-corrected chi connectivity index (χ1v) is 5.62. The van der Waals surface area contributed by atoms with Crippen LogP contribution in [-0.2, 0) is 4.74 Å². The van der Waals surface area contributed by atoms with Crippen LogP contribution in [-0.4, -0.2) is 30.8 Å². The summed E-state index contributed by atoms with van der Waals surface area (Å²) >= 11 is 3.31. The first-order valence-electron chi connectivity index (χ1n) is 4.83. The summed E-state index contributed by atoms with van der Waals surface area (Å²) in [5.41, 5.74) is 0.845. The fraction of sp³-hybridized carbons (Fsp3) is 0.364. The Labute approximate surface area is 103 Å². The van der Waals surface area contributed by atoms with E-state index in [1.54, 1.807) is 25.3 Å². The number of nitrogens with one attached hydrogen (secondary N) is 1. The molecule has 0 aliphatic heterocycles. The van der Waals surface area contributed by atoms with Gasteiger partial charge in [0.2, 0.25) is 0 Å². The van der Waals surface area contributed by atoms with Crippen molar-refractivity contribution < 1.29 is 14.6 Å². The number of halogens is 1. The Bertz CT molecular complexity index is 381. The molecule has 0 fully saturated rings. The number of ether oxygens (including phenoxy) is 1. The van der Waals surface area contributed by atoms with Gasteiger partial charge in [-0.25, -0.2) is 4.79 Å². The number of methoxy groups -OCH3 is 1. The monoisotopic (exact) mass is 287 g/mol. The molecule has 1 aromatic rings. The summed E-state index contributed by atoms with van der Waals surface area (Å²) in [6.07, 6.45) is 0. The van der Waals surface area contributed by atoms with Crippen LogP contribution in [0.15, 0.2) is 22.7 Å². The molecule has 16 heavy (non-hydrogen) atoms. The van der Waals surface area contributed by atoms with Gasteiger partial charge in [-0.2, -0.15) is 0 Å². The molecule has 2 N–H and O–H groups in total. The Kier molecular flexibility index (Phi) is 4.76. The number of hydrogen-bond acceptors (Lipinski definition) is 3. The van der Waals surface area contributed by atoms with E-state index >= 15 is 0 Å². The number of benzene rings is 1. The van der Waals surface area contributed by atoms with Gasteiger partial charge in [0, 0.05) is 17.6 Å². The van der Waals surface area contributed by atoms with Gasteiger partial charge in [-0.05, 0) is 25.1 Å². The van der Waals surface area contributed by atoms with Crippen LogP contribution in [0.3, 0.4) is 0 Å². The molecule has 1 unspecified atom stereocenters. The summed E-state index contributed by atoms with van der Waals surface area (Å²) in [4.78, 5) is 11.0. The third-order valence-electron chi connectivity index (χ3n) is 2.03. The number of hydrogen-bond donors (Lipinski definition) is 2. The van der Waals surface area contributed by atoms with Crippen LogP contribution in [0, 0.1) is 0 Å². The fourth-order valence-electron chi connectivity index (χ4n) is 1.38. The van der Waals surface area contributed by atoms with E-state index in [9.17, 15) is 4.79 Å². The summed E-state index contributed by atoms with van der Waals surface area (Å²) < 4.78 is 5.82. The minimum Gasteiger partial charge on any atom is -0.478 e. The van der Waals surface area contributed by atoms with Crippen molar-refractivity contribution in [3.8, 4) is 0 Å². The zero-order valence-corrected chi connectivity index (χ0v) is 10.7. The van der Waals surface area contributed by atoms with Gasteiger partial charge in [-0.1, -0.05) is 15.9 Å². The quantitative estimate of drug-likeness (QED) is 0.874. The van der Waals surface area contributed by atoms with Crippen molar-refractivity contribution in [1.29, 1.82) is 0 Å². The lowest BCUT2D eigenvalue weighted by atomic mass is 10.1. The van der Waals surface area contributed by atoms with E-state index in [0.29, 0.717) is 12.3 Å². The van der Waals surface area contributed by atoms with Crippen molar-refractivity contribution in [3.63, 3.8) is 0 Å². The summed E-state index contributed by atoms with van der Waals surface area (Å²) in [5.74, 6) is -0.945. The summed E-state index contributed by atoms with van der Waals surface area (Å²) in [6.45, 7) is 2.45. The highest BCUT2D eigenvalue weighted by atomic mass is 79.9. The van der Waals surface area contributed by atoms with Gasteiger partial charge in [-0.3, -0.25) is 0 Å². The van der Waals surface area contributed by atoms with Crippen LogP contribution in [0.25, 0.3) is 0 Å². The predicted molar refractivity (Wildman–Crippen MR) is 66.1 cm³/mol. The highest BCUT2D eigenvalue weighted by Crippen LogP contribution is 2.22. The lowest BCUT2D eigenvalue weighted by Crippen LogP contribution is -2.22. The van der Waals surface area contributed by atoms with E-state index in [2.05, 4.69) is 21.2 Å². The maximum absolute atomic E-state index is 11.0. The molecule has 5 heteroatoms. The Morgan fingerprint density at radius 1 is 1.62 bits per heavy atom. The molecular formula is C11H14BrNO3. The molecule has 0 saturated carbocycles. The molecular weight excluding hydrogens is 274 g/mol. The zero-order valence-electron chi connectivity index (χ0n) is 9.16. The Hall–Kier alpha value is -1.07. The first-order chi connectivity index (χ1) is 7.54. The zero-order chi connectivity index (χ0) is 12.1. The number of aromatic carboxylic acids is 1. The van der Waals surface area contributed by atoms with Gasteiger partial charge in [0.15, 0.2) is 0 Å². The van der Waals surface area contributed by atoms with Gasteiger partial charge in [0.25, 0.3) is 0 Å². The van der Waals surface area contributed by atoms with Gasteiger partial charge in [0.05, 0.1) is 17.9 Å². The Morgan fingerprint density at radius 3 is 2.88 bits per heavy atom. The molecule has 0 aliphatic rings. The SMILES string of the molecule is COCC(C)Nc1cc(Br)ccc1C(=O)O. The second-order valence-corrected chi connectivity index (χ2v) is 4.41. The van der Waals surface area contributed by atoms with Crippen LogP contribution < -0.4 is 5.32 Å². The highest BCUT2D eigenvalue weighted by molar-refractivity contribution is 9.10. The van der Waals surface area contributed by atoms with E-state index in [1.165, 1.54) is 0 Å². The van der Waals surface area contributed by atoms with Crippen LogP contribution in [0.5, 0.6) is 0 Å². The van der Waals surface area contributed by atoms with Gasteiger partial charge in [0.1, 0.15) is 0 Å². The molecule has 1 rings (SSSR count). The molecule has 0 spiro atoms. The lowest BCUT2D eigenvalue weighted by molar-refractivity contribution is 0.0698. The molecule has 88 valence electrons. The van der Waals surface area contributed by atoms with E-state index < -0.39 is 5.97 Å². The number of carbonyl (C=O) groups is 1. The van der Waals surface area contributed by atoms with E-state index in [1.807, 2.05) is 6.92 Å². The predicted octanol–water partition coefficient (Wildman–Crippen LogP) is 2.59. The Morgan fingerprint density at radius 2 is 2.31 bits per heavy atom. The summed E-state index contributed by atoms with van der Waals surface area (Å²) in [5, 5.41) is 12.1. The van der Waals surface area contributed by atoms with Crippen LogP contribution >= 0.6 is 15.9 Å². The third-order valence-corrected chi connectivity index (χ3v) is 2.52. The van der Waals surface area contributed by atoms with Crippen LogP contribution in [0.4, 0.5) is 5.69 Å². The smallest absolute Gasteiger partial charge is 0.337 e. The van der Waals surface area contributed by atoms with Crippen molar-refractivity contribution in [1.82, 2.24) is 0 Å². The van der Waals surface area contributed by atoms with Crippen LogP contribution in [0.2, 0.25) is 0 Å². The van der Waals surface area contributed by atoms with Crippen molar-refractivity contribution in [2.75, 3.05) is 19.0 Å².